The molecule has 0 amide bonds. The van der Waals surface area contributed by atoms with Gasteiger partial charge in [-0.2, -0.15) is 4.98 Å². The third-order valence-electron chi connectivity index (χ3n) is 3.01. The van der Waals surface area contributed by atoms with Crippen LogP contribution in [0.2, 0.25) is 0 Å². The summed E-state index contributed by atoms with van der Waals surface area (Å²) in [7, 11) is 0. The minimum atomic E-state index is 0.265. The minimum Gasteiger partial charge on any atom is -0.338 e. The molecule has 3 rings (SSSR count). The molecule has 0 saturated heterocycles. The van der Waals surface area contributed by atoms with Gasteiger partial charge in [0.05, 0.1) is 5.25 Å². The molecule has 2 N–H and O–H groups in total. The molecule has 1 aliphatic rings. The number of fused-ring (bicyclic) bond motifs is 1. The lowest BCUT2D eigenvalue weighted by Crippen LogP contribution is -2.01. The topological polar surface area (TPSA) is 64.9 Å². The van der Waals surface area contributed by atoms with Crippen LogP contribution in [0.4, 0.5) is 0 Å². The highest BCUT2D eigenvalue weighted by Gasteiger charge is 2.27. The summed E-state index contributed by atoms with van der Waals surface area (Å²) in [6, 6.07) is 8.44. The Morgan fingerprint density at radius 3 is 3.11 bits per heavy atom. The van der Waals surface area contributed by atoms with Gasteiger partial charge in [-0.1, -0.05) is 23.4 Å². The van der Waals surface area contributed by atoms with E-state index in [1.54, 1.807) is 11.8 Å². The van der Waals surface area contributed by atoms with Crippen molar-refractivity contribution in [2.45, 2.75) is 29.4 Å². The van der Waals surface area contributed by atoms with Crippen LogP contribution in [0.15, 0.2) is 33.7 Å². The Kier molecular flexibility index (Phi) is 3.34. The number of aryl methyl sites for hydroxylation is 1. The van der Waals surface area contributed by atoms with Crippen LogP contribution in [0.3, 0.4) is 0 Å². The molecule has 94 valence electrons. The smallest absolute Gasteiger partial charge is 0.240 e. The lowest BCUT2D eigenvalue weighted by atomic mass is 10.1. The lowest BCUT2D eigenvalue weighted by Gasteiger charge is -1.99. The Morgan fingerprint density at radius 2 is 2.28 bits per heavy atom. The number of nitrogens with zero attached hydrogens (tertiary/aromatic N) is 2. The Labute approximate surface area is 110 Å². The highest BCUT2D eigenvalue weighted by molar-refractivity contribution is 7.99. The molecule has 0 fully saturated rings. The average molecular weight is 261 g/mol. The first-order valence-corrected chi connectivity index (χ1v) is 7.02. The Hall–Kier alpha value is -1.33. The zero-order valence-corrected chi connectivity index (χ0v) is 10.8. The molecular weight excluding hydrogens is 246 g/mol. The SMILES string of the molecule is NCCCc1noc(C2Cc3ccccc3S2)n1. The van der Waals surface area contributed by atoms with Gasteiger partial charge in [0.1, 0.15) is 0 Å². The van der Waals surface area contributed by atoms with Gasteiger partial charge in [0.2, 0.25) is 5.89 Å². The molecule has 0 radical (unpaired) electrons. The maximum atomic E-state index is 5.47. The number of benzene rings is 1. The van der Waals surface area contributed by atoms with Crippen molar-refractivity contribution in [3.05, 3.63) is 41.5 Å². The summed E-state index contributed by atoms with van der Waals surface area (Å²) in [5.41, 5.74) is 6.84. The van der Waals surface area contributed by atoms with Crippen molar-refractivity contribution in [1.29, 1.82) is 0 Å². The standard InChI is InChI=1S/C13H15N3OS/c14-7-3-6-12-15-13(17-16-12)11-8-9-4-1-2-5-10(9)18-11/h1-2,4-5,11H,3,6-8,14H2. The number of rotatable bonds is 4. The second-order valence-electron chi connectivity index (χ2n) is 4.36. The summed E-state index contributed by atoms with van der Waals surface area (Å²) in [4.78, 5) is 5.78. The first-order chi connectivity index (χ1) is 8.86. The van der Waals surface area contributed by atoms with Crippen molar-refractivity contribution in [1.82, 2.24) is 10.1 Å². The fourth-order valence-corrected chi connectivity index (χ4v) is 3.31. The molecule has 0 aliphatic carbocycles. The molecule has 0 spiro atoms. The monoisotopic (exact) mass is 261 g/mol. The molecule has 1 aromatic heterocycles. The molecular formula is C13H15N3OS. The first kappa shape index (κ1) is 11.7. The predicted molar refractivity (Wildman–Crippen MR) is 70.4 cm³/mol. The van der Waals surface area contributed by atoms with Crippen molar-refractivity contribution in [2.75, 3.05) is 6.54 Å². The first-order valence-electron chi connectivity index (χ1n) is 6.14. The van der Waals surface area contributed by atoms with Gasteiger partial charge in [0, 0.05) is 11.3 Å². The number of hydrogen-bond acceptors (Lipinski definition) is 5. The molecule has 1 unspecified atom stereocenters. The van der Waals surface area contributed by atoms with Gasteiger partial charge >= 0.3 is 0 Å². The summed E-state index contributed by atoms with van der Waals surface area (Å²) in [6.07, 6.45) is 2.67. The van der Waals surface area contributed by atoms with Crippen LogP contribution in [0.5, 0.6) is 0 Å². The molecule has 1 aromatic carbocycles. The van der Waals surface area contributed by atoms with Crippen molar-refractivity contribution in [2.24, 2.45) is 5.73 Å². The van der Waals surface area contributed by atoms with Crippen LogP contribution >= 0.6 is 11.8 Å². The average Bonchev–Trinajstić information content (AvgIpc) is 3.02. The van der Waals surface area contributed by atoms with Gasteiger partial charge in [-0.3, -0.25) is 0 Å². The zero-order valence-electron chi connectivity index (χ0n) is 10.0. The molecule has 4 nitrogen and oxygen atoms in total. The molecule has 0 bridgehead atoms. The quantitative estimate of drug-likeness (QED) is 0.915. The van der Waals surface area contributed by atoms with Crippen molar-refractivity contribution >= 4 is 11.8 Å². The van der Waals surface area contributed by atoms with Crippen molar-refractivity contribution in [3.63, 3.8) is 0 Å². The van der Waals surface area contributed by atoms with Gasteiger partial charge in [0.15, 0.2) is 5.82 Å². The van der Waals surface area contributed by atoms with Gasteiger partial charge in [-0.25, -0.2) is 0 Å². The highest BCUT2D eigenvalue weighted by Crippen LogP contribution is 2.45. The normalized spacial score (nSPS) is 17.9. The van der Waals surface area contributed by atoms with Crippen LogP contribution in [0.1, 0.15) is 28.9 Å². The van der Waals surface area contributed by atoms with E-state index >= 15 is 0 Å². The van der Waals surface area contributed by atoms with Crippen LogP contribution in [-0.4, -0.2) is 16.7 Å². The summed E-state index contributed by atoms with van der Waals surface area (Å²) in [5.74, 6) is 1.51. The summed E-state index contributed by atoms with van der Waals surface area (Å²) < 4.78 is 5.35. The van der Waals surface area contributed by atoms with E-state index in [1.807, 2.05) is 0 Å². The molecule has 1 atom stereocenters. The third-order valence-corrected chi connectivity index (χ3v) is 4.32. The van der Waals surface area contributed by atoms with E-state index in [9.17, 15) is 0 Å². The number of aromatic nitrogens is 2. The lowest BCUT2D eigenvalue weighted by molar-refractivity contribution is 0.371. The molecule has 5 heteroatoms. The molecule has 2 aromatic rings. The summed E-state index contributed by atoms with van der Waals surface area (Å²) in [5, 5.41) is 4.27. The van der Waals surface area contributed by atoms with Crippen LogP contribution in [0, 0.1) is 0 Å². The van der Waals surface area contributed by atoms with E-state index in [2.05, 4.69) is 34.4 Å². The van der Waals surface area contributed by atoms with E-state index in [4.69, 9.17) is 10.3 Å². The molecule has 0 saturated carbocycles. The largest absolute Gasteiger partial charge is 0.338 e. The van der Waals surface area contributed by atoms with Crippen LogP contribution < -0.4 is 5.73 Å². The van der Waals surface area contributed by atoms with Gasteiger partial charge in [0.25, 0.3) is 0 Å². The maximum absolute atomic E-state index is 5.47. The number of nitrogens with two attached hydrogens (primary N) is 1. The molecule has 18 heavy (non-hydrogen) atoms. The second-order valence-corrected chi connectivity index (χ2v) is 5.60. The predicted octanol–water partition coefficient (Wildman–Crippen LogP) is 2.35. The van der Waals surface area contributed by atoms with E-state index in [0.29, 0.717) is 6.54 Å². The van der Waals surface area contributed by atoms with Gasteiger partial charge in [-0.15, -0.1) is 11.8 Å². The third kappa shape index (κ3) is 2.28. The van der Waals surface area contributed by atoms with Crippen molar-refractivity contribution in [3.8, 4) is 0 Å². The van der Waals surface area contributed by atoms with E-state index in [-0.39, 0.29) is 5.25 Å². The zero-order chi connectivity index (χ0) is 12.4. The maximum Gasteiger partial charge on any atom is 0.240 e. The highest BCUT2D eigenvalue weighted by atomic mass is 32.2. The minimum absolute atomic E-state index is 0.265. The number of hydrogen-bond donors (Lipinski definition) is 1. The molecule has 1 aliphatic heterocycles. The van der Waals surface area contributed by atoms with Crippen LogP contribution in [0.25, 0.3) is 0 Å². The molecule has 2 heterocycles. The number of thioether (sulfide) groups is 1. The van der Waals surface area contributed by atoms with Crippen molar-refractivity contribution < 1.29 is 4.52 Å². The van der Waals surface area contributed by atoms with E-state index in [1.165, 1.54) is 10.5 Å². The fourth-order valence-electron chi connectivity index (χ4n) is 2.08. The van der Waals surface area contributed by atoms with E-state index in [0.717, 1.165) is 31.0 Å². The summed E-state index contributed by atoms with van der Waals surface area (Å²) in [6.45, 7) is 0.660. The van der Waals surface area contributed by atoms with Crippen LogP contribution in [-0.2, 0) is 12.8 Å². The second kappa shape index (κ2) is 5.12. The van der Waals surface area contributed by atoms with E-state index < -0.39 is 0 Å². The Balaban J connectivity index is 1.72. The van der Waals surface area contributed by atoms with Gasteiger partial charge < -0.3 is 10.3 Å². The summed E-state index contributed by atoms with van der Waals surface area (Å²) >= 11 is 1.81. The van der Waals surface area contributed by atoms with Gasteiger partial charge in [-0.05, 0) is 31.0 Å². The Morgan fingerprint density at radius 1 is 1.39 bits per heavy atom. The Bertz CT molecular complexity index is 516. The fraction of sp³-hybridized carbons (Fsp3) is 0.385.